The number of benzene rings is 3. The van der Waals surface area contributed by atoms with E-state index in [9.17, 15) is 0 Å². The monoisotopic (exact) mass is 330 g/mol. The highest BCUT2D eigenvalue weighted by atomic mass is 79.9. The maximum absolute atomic E-state index is 6.02. The summed E-state index contributed by atoms with van der Waals surface area (Å²) >= 11 is 9.67. The van der Waals surface area contributed by atoms with Gasteiger partial charge in [0.25, 0.3) is 0 Å². The largest absolute Gasteiger partial charge is 0.455 e. The predicted molar refractivity (Wildman–Crippen MR) is 83.9 cm³/mol. The summed E-state index contributed by atoms with van der Waals surface area (Å²) in [6.07, 6.45) is 0. The number of hydrogen-bond acceptors (Lipinski definition) is 1. The molecule has 0 N–H and O–H groups in total. The lowest BCUT2D eigenvalue weighted by molar-refractivity contribution is 0.667. The molecule has 4 rings (SSSR count). The van der Waals surface area contributed by atoms with E-state index in [1.54, 1.807) is 0 Å². The van der Waals surface area contributed by atoms with Gasteiger partial charge in [-0.25, -0.2) is 0 Å². The molecule has 4 aromatic rings. The molecule has 0 aliphatic heterocycles. The van der Waals surface area contributed by atoms with E-state index in [1.165, 1.54) is 5.39 Å². The van der Waals surface area contributed by atoms with Gasteiger partial charge in [0.05, 0.1) is 4.47 Å². The Kier molecular flexibility index (Phi) is 2.38. The topological polar surface area (TPSA) is 13.1 Å². The second kappa shape index (κ2) is 3.99. The molecule has 0 aliphatic carbocycles. The fraction of sp³-hybridized carbons (Fsp3) is 0. The molecule has 0 radical (unpaired) electrons. The van der Waals surface area contributed by atoms with Crippen molar-refractivity contribution in [3.05, 3.63) is 58.0 Å². The van der Waals surface area contributed by atoms with Crippen LogP contribution in [0.2, 0.25) is 5.02 Å². The zero-order valence-electron chi connectivity index (χ0n) is 9.78. The zero-order chi connectivity index (χ0) is 13.0. The van der Waals surface area contributed by atoms with E-state index in [2.05, 4.69) is 34.1 Å². The quantitative estimate of drug-likeness (QED) is 0.376. The van der Waals surface area contributed by atoms with Crippen molar-refractivity contribution in [2.45, 2.75) is 0 Å². The molecule has 0 aliphatic rings. The Labute approximate surface area is 122 Å². The highest BCUT2D eigenvalue weighted by Gasteiger charge is 2.12. The van der Waals surface area contributed by atoms with Crippen molar-refractivity contribution in [3.63, 3.8) is 0 Å². The van der Waals surface area contributed by atoms with Gasteiger partial charge in [0, 0.05) is 21.9 Å². The van der Waals surface area contributed by atoms with Crippen molar-refractivity contribution < 1.29 is 4.42 Å². The number of fused-ring (bicyclic) bond motifs is 4. The second-order valence-electron chi connectivity index (χ2n) is 4.53. The molecule has 92 valence electrons. The maximum Gasteiger partial charge on any atom is 0.150 e. The van der Waals surface area contributed by atoms with Crippen LogP contribution >= 0.6 is 27.5 Å². The van der Waals surface area contributed by atoms with Gasteiger partial charge < -0.3 is 4.42 Å². The van der Waals surface area contributed by atoms with Crippen LogP contribution in [-0.2, 0) is 0 Å². The van der Waals surface area contributed by atoms with Gasteiger partial charge in [0.2, 0.25) is 0 Å². The van der Waals surface area contributed by atoms with Crippen molar-refractivity contribution in [1.82, 2.24) is 0 Å². The molecule has 1 nitrogen and oxygen atoms in total. The normalized spacial score (nSPS) is 11.7. The summed E-state index contributed by atoms with van der Waals surface area (Å²) in [5, 5.41) is 5.23. The Morgan fingerprint density at radius 1 is 0.895 bits per heavy atom. The summed E-state index contributed by atoms with van der Waals surface area (Å²) in [6.45, 7) is 0. The van der Waals surface area contributed by atoms with E-state index in [0.717, 1.165) is 31.8 Å². The number of halogens is 2. The summed E-state index contributed by atoms with van der Waals surface area (Å²) in [7, 11) is 0. The van der Waals surface area contributed by atoms with Gasteiger partial charge in [-0.05, 0) is 44.9 Å². The Morgan fingerprint density at radius 3 is 2.63 bits per heavy atom. The van der Waals surface area contributed by atoms with Crippen LogP contribution in [0.25, 0.3) is 32.7 Å². The molecule has 3 aromatic carbocycles. The maximum atomic E-state index is 6.02. The third-order valence-corrected chi connectivity index (χ3v) is 4.41. The minimum atomic E-state index is 0.687. The summed E-state index contributed by atoms with van der Waals surface area (Å²) in [4.78, 5) is 0. The van der Waals surface area contributed by atoms with Crippen LogP contribution in [0.5, 0.6) is 0 Å². The Morgan fingerprint density at radius 2 is 1.74 bits per heavy atom. The van der Waals surface area contributed by atoms with Crippen molar-refractivity contribution in [2.24, 2.45) is 0 Å². The minimum Gasteiger partial charge on any atom is -0.455 e. The van der Waals surface area contributed by atoms with Crippen LogP contribution in [-0.4, -0.2) is 0 Å². The predicted octanol–water partition coefficient (Wildman–Crippen LogP) is 6.16. The first kappa shape index (κ1) is 11.3. The third-order valence-electron chi connectivity index (χ3n) is 3.39. The molecule has 0 saturated carbocycles. The van der Waals surface area contributed by atoms with Crippen LogP contribution in [0.3, 0.4) is 0 Å². The van der Waals surface area contributed by atoms with E-state index >= 15 is 0 Å². The van der Waals surface area contributed by atoms with Gasteiger partial charge in [0.1, 0.15) is 11.2 Å². The van der Waals surface area contributed by atoms with E-state index in [-0.39, 0.29) is 0 Å². The molecule has 1 aromatic heterocycles. The zero-order valence-corrected chi connectivity index (χ0v) is 12.1. The first-order valence-electron chi connectivity index (χ1n) is 5.93. The molecular formula is C16H8BrClO. The van der Waals surface area contributed by atoms with Gasteiger partial charge in [0.15, 0.2) is 0 Å². The lowest BCUT2D eigenvalue weighted by atomic mass is 10.1. The molecule has 1 heterocycles. The molecule has 0 spiro atoms. The molecule has 0 unspecified atom stereocenters. The Bertz CT molecular complexity index is 940. The number of furan rings is 1. The first-order valence-corrected chi connectivity index (χ1v) is 7.10. The van der Waals surface area contributed by atoms with Crippen molar-refractivity contribution in [1.29, 1.82) is 0 Å². The minimum absolute atomic E-state index is 0.687. The van der Waals surface area contributed by atoms with E-state index < -0.39 is 0 Å². The number of rotatable bonds is 0. The van der Waals surface area contributed by atoms with E-state index in [0.29, 0.717) is 5.02 Å². The fourth-order valence-electron chi connectivity index (χ4n) is 2.50. The second-order valence-corrected chi connectivity index (χ2v) is 5.76. The number of hydrogen-bond donors (Lipinski definition) is 0. The highest BCUT2D eigenvalue weighted by Crippen LogP contribution is 2.39. The lowest BCUT2D eigenvalue weighted by Crippen LogP contribution is -1.75. The molecule has 19 heavy (non-hydrogen) atoms. The van der Waals surface area contributed by atoms with E-state index in [4.69, 9.17) is 16.0 Å². The van der Waals surface area contributed by atoms with Gasteiger partial charge >= 0.3 is 0 Å². The SMILES string of the molecule is Clc1ccc2c(c1)oc1c(Br)c3ccccc3cc12. The summed E-state index contributed by atoms with van der Waals surface area (Å²) in [5.41, 5.74) is 1.69. The molecule has 0 saturated heterocycles. The van der Waals surface area contributed by atoms with Gasteiger partial charge in [-0.3, -0.25) is 0 Å². The molecule has 0 bridgehead atoms. The fourth-order valence-corrected chi connectivity index (χ4v) is 3.31. The molecule has 0 amide bonds. The van der Waals surface area contributed by atoms with Crippen LogP contribution in [0.4, 0.5) is 0 Å². The molecule has 0 atom stereocenters. The average molecular weight is 332 g/mol. The lowest BCUT2D eigenvalue weighted by Gasteiger charge is -2.01. The molecular weight excluding hydrogens is 324 g/mol. The van der Waals surface area contributed by atoms with Gasteiger partial charge in [-0.1, -0.05) is 35.9 Å². The van der Waals surface area contributed by atoms with E-state index in [1.807, 2.05) is 30.3 Å². The van der Waals surface area contributed by atoms with Crippen molar-refractivity contribution >= 4 is 60.2 Å². The smallest absolute Gasteiger partial charge is 0.150 e. The molecule has 3 heteroatoms. The summed E-state index contributed by atoms with van der Waals surface area (Å²) in [5.74, 6) is 0. The van der Waals surface area contributed by atoms with Gasteiger partial charge in [-0.15, -0.1) is 0 Å². The third kappa shape index (κ3) is 1.60. The molecule has 0 fully saturated rings. The van der Waals surface area contributed by atoms with Crippen LogP contribution < -0.4 is 0 Å². The summed E-state index contributed by atoms with van der Waals surface area (Å²) in [6, 6.07) is 16.2. The van der Waals surface area contributed by atoms with Crippen molar-refractivity contribution in [3.8, 4) is 0 Å². The Balaban J connectivity index is 2.29. The standard InChI is InChI=1S/C16H8BrClO/c17-15-11-4-2-1-3-9(11)7-13-12-6-5-10(18)8-14(12)19-16(13)15/h1-8H. The van der Waals surface area contributed by atoms with Crippen LogP contribution in [0.15, 0.2) is 57.4 Å². The highest BCUT2D eigenvalue weighted by molar-refractivity contribution is 9.10. The van der Waals surface area contributed by atoms with Crippen LogP contribution in [0, 0.1) is 0 Å². The first-order chi connectivity index (χ1) is 9.24. The van der Waals surface area contributed by atoms with Crippen molar-refractivity contribution in [2.75, 3.05) is 0 Å². The Hall–Kier alpha value is -1.51. The summed E-state index contributed by atoms with van der Waals surface area (Å²) < 4.78 is 6.93. The van der Waals surface area contributed by atoms with Gasteiger partial charge in [-0.2, -0.15) is 0 Å². The van der Waals surface area contributed by atoms with Crippen LogP contribution in [0.1, 0.15) is 0 Å². The average Bonchev–Trinajstić information content (AvgIpc) is 2.77.